The van der Waals surface area contributed by atoms with Crippen molar-refractivity contribution in [3.05, 3.63) is 77.4 Å². The van der Waals surface area contributed by atoms with Crippen LogP contribution in [0.5, 0.6) is 5.75 Å². The highest BCUT2D eigenvalue weighted by molar-refractivity contribution is 5.87. The summed E-state index contributed by atoms with van der Waals surface area (Å²) in [4.78, 5) is 0. The van der Waals surface area contributed by atoms with Gasteiger partial charge in [0.1, 0.15) is 12.4 Å². The van der Waals surface area contributed by atoms with Crippen LogP contribution in [0.1, 0.15) is 55.2 Å². The summed E-state index contributed by atoms with van der Waals surface area (Å²) in [7, 11) is 0. The van der Waals surface area contributed by atoms with Crippen LogP contribution >= 0.6 is 0 Å². The van der Waals surface area contributed by atoms with Gasteiger partial charge < -0.3 is 10.1 Å². The lowest BCUT2D eigenvalue weighted by atomic mass is 10.0. The van der Waals surface area contributed by atoms with Crippen LogP contribution in [-0.4, -0.2) is 6.04 Å². The first-order valence-electron chi connectivity index (χ1n) is 10.7. The maximum atomic E-state index is 6.30. The Balaban J connectivity index is 1.54. The average Bonchev–Trinajstić information content (AvgIpc) is 3.01. The largest absolute Gasteiger partial charge is 0.489 e. The van der Waals surface area contributed by atoms with E-state index in [4.69, 9.17) is 4.74 Å². The molecule has 1 aliphatic carbocycles. The monoisotopic (exact) mass is 373 g/mol. The second-order valence-corrected chi connectivity index (χ2v) is 8.11. The van der Waals surface area contributed by atoms with Gasteiger partial charge in [-0.2, -0.15) is 0 Å². The summed E-state index contributed by atoms with van der Waals surface area (Å²) in [6, 6.07) is 22.2. The summed E-state index contributed by atoms with van der Waals surface area (Å²) in [5.74, 6) is 1.00. The number of aryl methyl sites for hydroxylation is 1. The van der Waals surface area contributed by atoms with Crippen molar-refractivity contribution in [2.75, 3.05) is 0 Å². The van der Waals surface area contributed by atoms with Gasteiger partial charge in [-0.05, 0) is 42.2 Å². The molecule has 0 heterocycles. The number of benzene rings is 3. The fourth-order valence-corrected chi connectivity index (χ4v) is 4.21. The molecule has 2 nitrogen and oxygen atoms in total. The third kappa shape index (κ3) is 4.74. The second kappa shape index (κ2) is 9.25. The Hall–Kier alpha value is -2.32. The molecule has 0 aliphatic heterocycles. The third-order valence-electron chi connectivity index (χ3n) is 5.94. The Bertz CT molecular complexity index is 892. The lowest BCUT2D eigenvalue weighted by Crippen LogP contribution is -2.28. The molecule has 28 heavy (non-hydrogen) atoms. The molecule has 0 spiro atoms. The molecule has 1 N–H and O–H groups in total. The van der Waals surface area contributed by atoms with Crippen LogP contribution in [0.2, 0.25) is 0 Å². The van der Waals surface area contributed by atoms with E-state index in [2.05, 4.69) is 72.9 Å². The molecule has 1 saturated carbocycles. The van der Waals surface area contributed by atoms with E-state index in [0.717, 1.165) is 12.3 Å². The van der Waals surface area contributed by atoms with Gasteiger partial charge in [-0.1, -0.05) is 85.8 Å². The van der Waals surface area contributed by atoms with Gasteiger partial charge in [0.25, 0.3) is 0 Å². The van der Waals surface area contributed by atoms with Crippen LogP contribution in [0.3, 0.4) is 0 Å². The van der Waals surface area contributed by atoms with Crippen LogP contribution < -0.4 is 10.1 Å². The average molecular weight is 374 g/mol. The summed E-state index contributed by atoms with van der Waals surface area (Å²) >= 11 is 0. The van der Waals surface area contributed by atoms with Crippen LogP contribution in [0, 0.1) is 6.92 Å². The number of nitrogens with one attached hydrogen (secondary N) is 1. The van der Waals surface area contributed by atoms with E-state index in [1.807, 2.05) is 0 Å². The van der Waals surface area contributed by atoms with Gasteiger partial charge in [0.05, 0.1) is 0 Å². The van der Waals surface area contributed by atoms with Gasteiger partial charge in [-0.15, -0.1) is 0 Å². The molecule has 0 saturated heterocycles. The summed E-state index contributed by atoms with van der Waals surface area (Å²) in [5.41, 5.74) is 3.78. The van der Waals surface area contributed by atoms with Gasteiger partial charge >= 0.3 is 0 Å². The minimum atomic E-state index is 0.606. The number of ether oxygens (including phenoxy) is 1. The van der Waals surface area contributed by atoms with Gasteiger partial charge in [0.15, 0.2) is 0 Å². The minimum Gasteiger partial charge on any atom is -0.489 e. The Morgan fingerprint density at radius 1 is 0.857 bits per heavy atom. The first-order chi connectivity index (χ1) is 13.8. The SMILES string of the molecule is Cc1ccc(COc2ccc3ccccc3c2CNC2CCCCCC2)cc1. The molecule has 0 unspecified atom stereocenters. The van der Waals surface area contributed by atoms with Gasteiger partial charge in [-0.25, -0.2) is 0 Å². The predicted octanol–water partition coefficient (Wildman–Crippen LogP) is 6.54. The van der Waals surface area contributed by atoms with E-state index in [1.165, 1.54) is 66.0 Å². The lowest BCUT2D eigenvalue weighted by molar-refractivity contribution is 0.301. The zero-order chi connectivity index (χ0) is 19.2. The van der Waals surface area contributed by atoms with Crippen LogP contribution in [0.4, 0.5) is 0 Å². The third-order valence-corrected chi connectivity index (χ3v) is 5.94. The molecule has 0 radical (unpaired) electrons. The maximum absolute atomic E-state index is 6.30. The number of hydrogen-bond donors (Lipinski definition) is 1. The van der Waals surface area contributed by atoms with Crippen molar-refractivity contribution in [2.45, 2.75) is 64.6 Å². The molecule has 1 aliphatic rings. The Labute approximate surface area is 168 Å². The van der Waals surface area contributed by atoms with Gasteiger partial charge in [0, 0.05) is 18.2 Å². The molecule has 2 heteroatoms. The number of hydrogen-bond acceptors (Lipinski definition) is 2. The Morgan fingerprint density at radius 3 is 2.39 bits per heavy atom. The molecule has 0 bridgehead atoms. The van der Waals surface area contributed by atoms with Crippen molar-refractivity contribution < 1.29 is 4.74 Å². The molecular weight excluding hydrogens is 342 g/mol. The summed E-state index contributed by atoms with van der Waals surface area (Å²) in [6.07, 6.45) is 8.07. The number of fused-ring (bicyclic) bond motifs is 1. The minimum absolute atomic E-state index is 0.606. The van der Waals surface area contributed by atoms with Gasteiger partial charge in [0.2, 0.25) is 0 Å². The molecule has 4 rings (SSSR count). The first-order valence-corrected chi connectivity index (χ1v) is 10.7. The van der Waals surface area contributed by atoms with E-state index in [-0.39, 0.29) is 0 Å². The van der Waals surface area contributed by atoms with Crippen molar-refractivity contribution in [2.24, 2.45) is 0 Å². The summed E-state index contributed by atoms with van der Waals surface area (Å²) in [5, 5.41) is 6.41. The smallest absolute Gasteiger partial charge is 0.124 e. The normalized spacial score (nSPS) is 15.5. The van der Waals surface area contributed by atoms with Crippen LogP contribution in [0.15, 0.2) is 60.7 Å². The highest BCUT2D eigenvalue weighted by Crippen LogP contribution is 2.29. The van der Waals surface area contributed by atoms with E-state index < -0.39 is 0 Å². The molecule has 3 aromatic carbocycles. The topological polar surface area (TPSA) is 21.3 Å². The van der Waals surface area contributed by atoms with Gasteiger partial charge in [-0.3, -0.25) is 0 Å². The quantitative estimate of drug-likeness (QED) is 0.495. The standard InChI is InChI=1S/C26H31NO/c1-20-12-14-21(15-13-20)19-28-26-17-16-22-8-6-7-11-24(22)25(26)18-27-23-9-4-2-3-5-10-23/h6-8,11-17,23,27H,2-5,9-10,18-19H2,1H3. The van der Waals surface area contributed by atoms with Crippen molar-refractivity contribution in [3.63, 3.8) is 0 Å². The molecule has 0 atom stereocenters. The van der Waals surface area contributed by atoms with Crippen LogP contribution in [-0.2, 0) is 13.2 Å². The Morgan fingerprint density at radius 2 is 1.61 bits per heavy atom. The molecular formula is C26H31NO. The van der Waals surface area contributed by atoms with Crippen molar-refractivity contribution >= 4 is 10.8 Å². The van der Waals surface area contributed by atoms with Crippen molar-refractivity contribution in [3.8, 4) is 5.75 Å². The fraction of sp³-hybridized carbons (Fsp3) is 0.385. The molecule has 3 aromatic rings. The zero-order valence-corrected chi connectivity index (χ0v) is 16.9. The molecule has 146 valence electrons. The molecule has 1 fully saturated rings. The first kappa shape index (κ1) is 19.0. The fourth-order valence-electron chi connectivity index (χ4n) is 4.21. The number of rotatable bonds is 6. The van der Waals surface area contributed by atoms with E-state index in [1.54, 1.807) is 0 Å². The summed E-state index contributed by atoms with van der Waals surface area (Å²) in [6.45, 7) is 3.59. The summed E-state index contributed by atoms with van der Waals surface area (Å²) < 4.78 is 6.30. The van der Waals surface area contributed by atoms with Crippen molar-refractivity contribution in [1.29, 1.82) is 0 Å². The van der Waals surface area contributed by atoms with E-state index in [0.29, 0.717) is 12.6 Å². The van der Waals surface area contributed by atoms with Crippen molar-refractivity contribution in [1.82, 2.24) is 5.32 Å². The molecule has 0 aromatic heterocycles. The van der Waals surface area contributed by atoms with E-state index >= 15 is 0 Å². The predicted molar refractivity (Wildman–Crippen MR) is 118 cm³/mol. The molecule has 0 amide bonds. The zero-order valence-electron chi connectivity index (χ0n) is 16.9. The highest BCUT2D eigenvalue weighted by atomic mass is 16.5. The maximum Gasteiger partial charge on any atom is 0.124 e. The van der Waals surface area contributed by atoms with Crippen LogP contribution in [0.25, 0.3) is 10.8 Å². The highest BCUT2D eigenvalue weighted by Gasteiger charge is 2.14. The van der Waals surface area contributed by atoms with E-state index in [9.17, 15) is 0 Å². The lowest BCUT2D eigenvalue weighted by Gasteiger charge is -2.19. The Kier molecular flexibility index (Phi) is 6.28. The second-order valence-electron chi connectivity index (χ2n) is 8.11.